The summed E-state index contributed by atoms with van der Waals surface area (Å²) in [5.74, 6) is 0.388. The molecule has 2 N–H and O–H groups in total. The van der Waals surface area contributed by atoms with Crippen LogP contribution in [0.1, 0.15) is 23.2 Å². The standard InChI is InChI=1S/C18H21N3O3/c1-23-17-7-3-2-6-16(17)21-18(22)13-9-14(11-19-10-13)20-12-15-5-4-8-24-15/h2-3,6-7,9-11,15,20H,4-5,8,12H2,1H3,(H,21,22). The highest BCUT2D eigenvalue weighted by Crippen LogP contribution is 2.24. The molecular weight excluding hydrogens is 306 g/mol. The summed E-state index contributed by atoms with van der Waals surface area (Å²) in [6.45, 7) is 1.55. The third-order valence-electron chi connectivity index (χ3n) is 3.91. The first-order valence-corrected chi connectivity index (χ1v) is 8.01. The zero-order valence-corrected chi connectivity index (χ0v) is 13.6. The van der Waals surface area contributed by atoms with E-state index in [1.54, 1.807) is 37.7 Å². The van der Waals surface area contributed by atoms with E-state index in [1.165, 1.54) is 0 Å². The molecule has 0 bridgehead atoms. The van der Waals surface area contributed by atoms with Crippen LogP contribution in [0.5, 0.6) is 5.75 Å². The molecule has 6 nitrogen and oxygen atoms in total. The smallest absolute Gasteiger partial charge is 0.257 e. The second-order valence-electron chi connectivity index (χ2n) is 5.63. The molecule has 2 aromatic rings. The summed E-state index contributed by atoms with van der Waals surface area (Å²) in [5, 5.41) is 6.12. The van der Waals surface area contributed by atoms with Gasteiger partial charge in [0.2, 0.25) is 0 Å². The summed E-state index contributed by atoms with van der Waals surface area (Å²) in [4.78, 5) is 16.6. The van der Waals surface area contributed by atoms with E-state index in [0.717, 1.165) is 31.7 Å². The number of ether oxygens (including phenoxy) is 2. The lowest BCUT2D eigenvalue weighted by atomic mass is 10.2. The molecule has 3 rings (SSSR count). The first kappa shape index (κ1) is 16.3. The lowest BCUT2D eigenvalue weighted by molar-refractivity contribution is 0.102. The number of pyridine rings is 1. The number of hydrogen-bond donors (Lipinski definition) is 2. The Labute approximate surface area is 141 Å². The Balaban J connectivity index is 1.65. The van der Waals surface area contributed by atoms with Crippen molar-refractivity contribution >= 4 is 17.3 Å². The minimum absolute atomic E-state index is 0.229. The van der Waals surface area contributed by atoms with Crippen molar-refractivity contribution in [3.8, 4) is 5.75 Å². The van der Waals surface area contributed by atoms with E-state index in [4.69, 9.17) is 9.47 Å². The van der Waals surface area contributed by atoms with E-state index < -0.39 is 0 Å². The van der Waals surface area contributed by atoms with Crippen molar-refractivity contribution in [2.45, 2.75) is 18.9 Å². The number of nitrogens with one attached hydrogen (secondary N) is 2. The number of para-hydroxylation sites is 2. The average Bonchev–Trinajstić information content (AvgIpc) is 3.14. The first-order chi connectivity index (χ1) is 11.8. The molecule has 0 saturated carbocycles. The second-order valence-corrected chi connectivity index (χ2v) is 5.63. The first-order valence-electron chi connectivity index (χ1n) is 8.01. The fraction of sp³-hybridized carbons (Fsp3) is 0.333. The third-order valence-corrected chi connectivity index (χ3v) is 3.91. The maximum absolute atomic E-state index is 12.4. The van der Waals surface area contributed by atoms with Crippen LogP contribution in [0.4, 0.5) is 11.4 Å². The highest BCUT2D eigenvalue weighted by molar-refractivity contribution is 6.05. The number of hydrogen-bond acceptors (Lipinski definition) is 5. The van der Waals surface area contributed by atoms with E-state index >= 15 is 0 Å². The normalized spacial score (nSPS) is 16.6. The predicted octanol–water partition coefficient (Wildman–Crippen LogP) is 2.93. The summed E-state index contributed by atoms with van der Waals surface area (Å²) < 4.78 is 10.8. The van der Waals surface area contributed by atoms with Gasteiger partial charge < -0.3 is 20.1 Å². The van der Waals surface area contributed by atoms with Crippen molar-refractivity contribution in [2.24, 2.45) is 0 Å². The van der Waals surface area contributed by atoms with Crippen LogP contribution in [-0.2, 0) is 4.74 Å². The molecule has 2 heterocycles. The highest BCUT2D eigenvalue weighted by atomic mass is 16.5. The lowest BCUT2D eigenvalue weighted by Gasteiger charge is -2.13. The van der Waals surface area contributed by atoms with Crippen molar-refractivity contribution in [3.05, 3.63) is 48.3 Å². The van der Waals surface area contributed by atoms with Gasteiger partial charge in [-0.1, -0.05) is 12.1 Å². The summed E-state index contributed by atoms with van der Waals surface area (Å²) in [6.07, 6.45) is 5.65. The molecule has 1 aromatic heterocycles. The van der Waals surface area contributed by atoms with Gasteiger partial charge in [0.05, 0.1) is 30.2 Å². The molecule has 0 spiro atoms. The van der Waals surface area contributed by atoms with Gasteiger partial charge in [-0.25, -0.2) is 0 Å². The Morgan fingerprint density at radius 2 is 2.25 bits per heavy atom. The topological polar surface area (TPSA) is 72.5 Å². The molecule has 0 aliphatic carbocycles. The summed E-state index contributed by atoms with van der Waals surface area (Å²) in [5.41, 5.74) is 1.92. The molecular formula is C18H21N3O3. The molecule has 1 aliphatic rings. The predicted molar refractivity (Wildman–Crippen MR) is 92.6 cm³/mol. The fourth-order valence-electron chi connectivity index (χ4n) is 2.64. The number of nitrogens with zero attached hydrogens (tertiary/aromatic N) is 1. The molecule has 126 valence electrons. The van der Waals surface area contributed by atoms with Crippen LogP contribution in [0.25, 0.3) is 0 Å². The van der Waals surface area contributed by atoms with E-state index in [1.807, 2.05) is 12.1 Å². The Morgan fingerprint density at radius 3 is 3.04 bits per heavy atom. The van der Waals surface area contributed by atoms with Gasteiger partial charge in [-0.05, 0) is 31.0 Å². The number of anilines is 2. The van der Waals surface area contributed by atoms with Gasteiger partial charge in [0.15, 0.2) is 0 Å². The highest BCUT2D eigenvalue weighted by Gasteiger charge is 2.15. The van der Waals surface area contributed by atoms with E-state index in [-0.39, 0.29) is 12.0 Å². The molecule has 1 amide bonds. The number of carbonyl (C=O) groups is 1. The van der Waals surface area contributed by atoms with Gasteiger partial charge >= 0.3 is 0 Å². The molecule has 1 aromatic carbocycles. The van der Waals surface area contributed by atoms with Crippen LogP contribution < -0.4 is 15.4 Å². The second kappa shape index (κ2) is 7.79. The van der Waals surface area contributed by atoms with Crippen LogP contribution in [0, 0.1) is 0 Å². The zero-order valence-electron chi connectivity index (χ0n) is 13.6. The largest absolute Gasteiger partial charge is 0.495 e. The SMILES string of the molecule is COc1ccccc1NC(=O)c1cncc(NCC2CCCO2)c1. The van der Waals surface area contributed by atoms with Gasteiger partial charge in [-0.2, -0.15) is 0 Å². The minimum atomic E-state index is -0.229. The monoisotopic (exact) mass is 327 g/mol. The Bertz CT molecular complexity index is 699. The van der Waals surface area contributed by atoms with Crippen molar-refractivity contribution in [3.63, 3.8) is 0 Å². The Kier molecular flexibility index (Phi) is 5.28. The number of methoxy groups -OCH3 is 1. The van der Waals surface area contributed by atoms with Crippen molar-refractivity contribution in [1.82, 2.24) is 4.98 Å². The molecule has 1 aliphatic heterocycles. The van der Waals surface area contributed by atoms with Crippen LogP contribution in [0.2, 0.25) is 0 Å². The summed E-state index contributed by atoms with van der Waals surface area (Å²) in [7, 11) is 1.57. The molecule has 1 unspecified atom stereocenters. The summed E-state index contributed by atoms with van der Waals surface area (Å²) in [6, 6.07) is 9.07. The number of rotatable bonds is 6. The number of aromatic nitrogens is 1. The molecule has 6 heteroatoms. The molecule has 1 saturated heterocycles. The van der Waals surface area contributed by atoms with Crippen molar-refractivity contribution in [2.75, 3.05) is 30.9 Å². The number of benzene rings is 1. The van der Waals surface area contributed by atoms with E-state index in [0.29, 0.717) is 17.0 Å². The molecule has 24 heavy (non-hydrogen) atoms. The Hall–Kier alpha value is -2.60. The van der Waals surface area contributed by atoms with Crippen molar-refractivity contribution in [1.29, 1.82) is 0 Å². The van der Waals surface area contributed by atoms with Gasteiger partial charge in [-0.15, -0.1) is 0 Å². The zero-order chi connectivity index (χ0) is 16.8. The van der Waals surface area contributed by atoms with Gasteiger partial charge in [-0.3, -0.25) is 9.78 Å². The van der Waals surface area contributed by atoms with Crippen LogP contribution in [0.15, 0.2) is 42.7 Å². The van der Waals surface area contributed by atoms with E-state index in [2.05, 4.69) is 15.6 Å². The minimum Gasteiger partial charge on any atom is -0.495 e. The van der Waals surface area contributed by atoms with Crippen LogP contribution >= 0.6 is 0 Å². The maximum Gasteiger partial charge on any atom is 0.257 e. The fourth-order valence-corrected chi connectivity index (χ4v) is 2.64. The molecule has 1 atom stereocenters. The average molecular weight is 327 g/mol. The molecule has 1 fully saturated rings. The van der Waals surface area contributed by atoms with Gasteiger partial charge in [0, 0.05) is 25.5 Å². The Morgan fingerprint density at radius 1 is 1.38 bits per heavy atom. The van der Waals surface area contributed by atoms with E-state index in [9.17, 15) is 4.79 Å². The maximum atomic E-state index is 12.4. The van der Waals surface area contributed by atoms with Crippen LogP contribution in [0.3, 0.4) is 0 Å². The van der Waals surface area contributed by atoms with Crippen molar-refractivity contribution < 1.29 is 14.3 Å². The number of amides is 1. The van der Waals surface area contributed by atoms with Crippen LogP contribution in [-0.4, -0.2) is 37.3 Å². The number of carbonyl (C=O) groups excluding carboxylic acids is 1. The molecule has 0 radical (unpaired) electrons. The van der Waals surface area contributed by atoms with Gasteiger partial charge in [0.1, 0.15) is 5.75 Å². The lowest BCUT2D eigenvalue weighted by Crippen LogP contribution is -2.19. The quantitative estimate of drug-likeness (QED) is 0.853. The summed E-state index contributed by atoms with van der Waals surface area (Å²) >= 11 is 0. The third kappa shape index (κ3) is 4.02. The van der Waals surface area contributed by atoms with Gasteiger partial charge in [0.25, 0.3) is 5.91 Å².